The van der Waals surface area contributed by atoms with Crippen molar-refractivity contribution in [3.8, 4) is 0 Å². The SMILES string of the molecule is CCNc1nn2c(=O)c3ccc(C(=O)OC)cc3nc2s1. The predicted octanol–water partition coefficient (Wildman–Crippen LogP) is 1.52. The molecule has 8 heteroatoms. The van der Waals surface area contributed by atoms with E-state index in [4.69, 9.17) is 0 Å². The minimum Gasteiger partial charge on any atom is -0.465 e. The second kappa shape index (κ2) is 5.13. The summed E-state index contributed by atoms with van der Waals surface area (Å²) < 4.78 is 5.94. The van der Waals surface area contributed by atoms with Crippen molar-refractivity contribution in [3.05, 3.63) is 34.1 Å². The van der Waals surface area contributed by atoms with Crippen LogP contribution in [-0.4, -0.2) is 34.2 Å². The summed E-state index contributed by atoms with van der Waals surface area (Å²) in [4.78, 5) is 28.8. The van der Waals surface area contributed by atoms with E-state index in [1.807, 2.05) is 6.92 Å². The van der Waals surface area contributed by atoms with Gasteiger partial charge in [0.05, 0.1) is 23.6 Å². The summed E-state index contributed by atoms with van der Waals surface area (Å²) in [6.07, 6.45) is 0. The number of ether oxygens (including phenoxy) is 1. The lowest BCUT2D eigenvalue weighted by Crippen LogP contribution is -2.16. The van der Waals surface area contributed by atoms with Crippen molar-refractivity contribution in [2.75, 3.05) is 19.0 Å². The maximum atomic E-state index is 12.4. The van der Waals surface area contributed by atoms with Crippen molar-refractivity contribution in [2.45, 2.75) is 6.92 Å². The summed E-state index contributed by atoms with van der Waals surface area (Å²) in [6, 6.07) is 4.66. The van der Waals surface area contributed by atoms with Crippen LogP contribution in [0.3, 0.4) is 0 Å². The first kappa shape index (κ1) is 13.5. The minimum atomic E-state index is -0.462. The van der Waals surface area contributed by atoms with Gasteiger partial charge in [-0.05, 0) is 25.1 Å². The third-order valence-electron chi connectivity index (χ3n) is 2.95. The summed E-state index contributed by atoms with van der Waals surface area (Å²) in [6.45, 7) is 2.65. The lowest BCUT2D eigenvalue weighted by molar-refractivity contribution is 0.0601. The monoisotopic (exact) mass is 304 g/mol. The van der Waals surface area contributed by atoms with Crippen molar-refractivity contribution in [2.24, 2.45) is 0 Å². The first-order valence-corrected chi connectivity index (χ1v) is 7.11. The molecule has 3 aromatic rings. The highest BCUT2D eigenvalue weighted by Gasteiger charge is 2.13. The number of hydrogen-bond donors (Lipinski definition) is 1. The van der Waals surface area contributed by atoms with Crippen molar-refractivity contribution in [1.29, 1.82) is 0 Å². The molecule has 0 aliphatic rings. The van der Waals surface area contributed by atoms with Gasteiger partial charge in [-0.2, -0.15) is 4.52 Å². The quantitative estimate of drug-likeness (QED) is 0.738. The first-order chi connectivity index (χ1) is 10.1. The van der Waals surface area contributed by atoms with Gasteiger partial charge in [-0.15, -0.1) is 5.10 Å². The fourth-order valence-electron chi connectivity index (χ4n) is 1.98. The third kappa shape index (κ3) is 2.23. The highest BCUT2D eigenvalue weighted by Crippen LogP contribution is 2.19. The third-order valence-corrected chi connectivity index (χ3v) is 3.81. The molecule has 0 fully saturated rings. The maximum Gasteiger partial charge on any atom is 0.337 e. The Bertz CT molecular complexity index is 899. The molecule has 7 nitrogen and oxygen atoms in total. The minimum absolute atomic E-state index is 0.258. The Morgan fingerprint density at radius 1 is 1.48 bits per heavy atom. The number of benzene rings is 1. The standard InChI is InChI=1S/C13H12N4O3S/c1-3-14-12-16-17-10(18)8-5-4-7(11(19)20-2)6-9(8)15-13(17)21-12/h4-6H,3H2,1-2H3,(H,14,16). The normalized spacial score (nSPS) is 11.0. The number of hydrogen-bond acceptors (Lipinski definition) is 7. The molecule has 1 N–H and O–H groups in total. The first-order valence-electron chi connectivity index (χ1n) is 6.30. The zero-order valence-electron chi connectivity index (χ0n) is 11.4. The number of carbonyl (C=O) groups is 1. The number of esters is 1. The summed E-state index contributed by atoms with van der Waals surface area (Å²) >= 11 is 1.28. The fourth-order valence-corrected chi connectivity index (χ4v) is 2.84. The Labute approximate surface area is 123 Å². The van der Waals surface area contributed by atoms with E-state index >= 15 is 0 Å². The molecule has 0 amide bonds. The van der Waals surface area contributed by atoms with Crippen LogP contribution in [0.15, 0.2) is 23.0 Å². The van der Waals surface area contributed by atoms with E-state index in [0.29, 0.717) is 33.1 Å². The smallest absolute Gasteiger partial charge is 0.337 e. The highest BCUT2D eigenvalue weighted by molar-refractivity contribution is 7.20. The number of fused-ring (bicyclic) bond motifs is 2. The molecule has 0 atom stereocenters. The molecule has 108 valence electrons. The van der Waals surface area contributed by atoms with Gasteiger partial charge in [0, 0.05) is 6.54 Å². The van der Waals surface area contributed by atoms with Crippen LogP contribution < -0.4 is 10.9 Å². The zero-order chi connectivity index (χ0) is 15.0. The lowest BCUT2D eigenvalue weighted by Gasteiger charge is -2.01. The van der Waals surface area contributed by atoms with Crippen molar-refractivity contribution in [1.82, 2.24) is 14.6 Å². The summed E-state index contributed by atoms with van der Waals surface area (Å²) in [5, 5.41) is 8.28. The molecular formula is C13H12N4O3S. The van der Waals surface area contributed by atoms with Crippen molar-refractivity contribution in [3.63, 3.8) is 0 Å². The van der Waals surface area contributed by atoms with Gasteiger partial charge in [0.2, 0.25) is 10.1 Å². The molecule has 0 unspecified atom stereocenters. The largest absolute Gasteiger partial charge is 0.465 e. The van der Waals surface area contributed by atoms with E-state index in [2.05, 4.69) is 20.1 Å². The topological polar surface area (TPSA) is 85.6 Å². The molecular weight excluding hydrogens is 292 g/mol. The van der Waals surface area contributed by atoms with Gasteiger partial charge in [0.1, 0.15) is 0 Å². The Kier molecular flexibility index (Phi) is 3.30. The molecule has 0 aliphatic heterocycles. The number of nitrogens with one attached hydrogen (secondary N) is 1. The Morgan fingerprint density at radius 3 is 3.00 bits per heavy atom. The molecule has 2 heterocycles. The van der Waals surface area contributed by atoms with Gasteiger partial charge >= 0.3 is 5.97 Å². The molecule has 2 aromatic heterocycles. The summed E-state index contributed by atoms with van der Waals surface area (Å²) in [5.74, 6) is -0.462. The van der Waals surface area contributed by atoms with Gasteiger partial charge < -0.3 is 10.1 Å². The van der Waals surface area contributed by atoms with Gasteiger partial charge in [0.15, 0.2) is 0 Å². The average molecular weight is 304 g/mol. The summed E-state index contributed by atoms with van der Waals surface area (Å²) in [5.41, 5.74) is 0.555. The van der Waals surface area contributed by atoms with Crippen LogP contribution in [0.4, 0.5) is 5.13 Å². The van der Waals surface area contributed by atoms with Crippen LogP contribution in [0, 0.1) is 0 Å². The lowest BCUT2D eigenvalue weighted by atomic mass is 10.1. The van der Waals surface area contributed by atoms with Crippen LogP contribution in [0.25, 0.3) is 15.9 Å². The molecule has 0 aliphatic carbocycles. The van der Waals surface area contributed by atoms with Crippen molar-refractivity contribution >= 4 is 38.3 Å². The molecule has 1 aromatic carbocycles. The number of methoxy groups -OCH3 is 1. The molecule has 3 rings (SSSR count). The highest BCUT2D eigenvalue weighted by atomic mass is 32.1. The predicted molar refractivity (Wildman–Crippen MR) is 80.1 cm³/mol. The van der Waals surface area contributed by atoms with Crippen molar-refractivity contribution < 1.29 is 9.53 Å². The molecule has 0 saturated heterocycles. The second-order valence-electron chi connectivity index (χ2n) is 4.27. The van der Waals surface area contributed by atoms with Gasteiger partial charge in [-0.3, -0.25) is 4.79 Å². The zero-order valence-corrected chi connectivity index (χ0v) is 12.2. The van der Waals surface area contributed by atoms with Crippen LogP contribution in [0.1, 0.15) is 17.3 Å². The van der Waals surface area contributed by atoms with Crippen LogP contribution >= 0.6 is 11.3 Å². The molecule has 0 bridgehead atoms. The number of carbonyl (C=O) groups excluding carboxylic acids is 1. The number of anilines is 1. The van der Waals surface area contributed by atoms with Crippen LogP contribution in [0.5, 0.6) is 0 Å². The van der Waals surface area contributed by atoms with Crippen LogP contribution in [-0.2, 0) is 4.74 Å². The number of aromatic nitrogens is 3. The number of nitrogens with zero attached hydrogens (tertiary/aromatic N) is 3. The van der Waals surface area contributed by atoms with E-state index < -0.39 is 5.97 Å². The van der Waals surface area contributed by atoms with E-state index in [1.165, 1.54) is 23.0 Å². The molecule has 0 radical (unpaired) electrons. The molecule has 21 heavy (non-hydrogen) atoms. The molecule has 0 spiro atoms. The van der Waals surface area contributed by atoms with Gasteiger partial charge in [-0.25, -0.2) is 9.78 Å². The maximum absolute atomic E-state index is 12.4. The van der Waals surface area contributed by atoms with Gasteiger partial charge in [0.25, 0.3) is 5.56 Å². The van der Waals surface area contributed by atoms with Gasteiger partial charge in [-0.1, -0.05) is 11.3 Å². The molecule has 0 saturated carbocycles. The van der Waals surface area contributed by atoms with E-state index in [0.717, 1.165) is 0 Å². The van der Waals surface area contributed by atoms with E-state index in [9.17, 15) is 9.59 Å². The van der Waals surface area contributed by atoms with E-state index in [1.54, 1.807) is 18.2 Å². The van der Waals surface area contributed by atoms with Crippen LogP contribution in [0.2, 0.25) is 0 Å². The Morgan fingerprint density at radius 2 is 2.29 bits per heavy atom. The average Bonchev–Trinajstić information content (AvgIpc) is 2.89. The van der Waals surface area contributed by atoms with E-state index in [-0.39, 0.29) is 5.56 Å². The number of rotatable bonds is 3. The Balaban J connectivity index is 2.26. The Hall–Kier alpha value is -2.48. The second-order valence-corrected chi connectivity index (χ2v) is 5.23. The summed E-state index contributed by atoms with van der Waals surface area (Å²) in [7, 11) is 1.31. The fraction of sp³-hybridized carbons (Fsp3) is 0.231.